The number of likely N-dealkylation sites (tertiary alicyclic amines) is 1. The Balaban J connectivity index is 1.75. The summed E-state index contributed by atoms with van der Waals surface area (Å²) in [6, 6.07) is 0. The van der Waals surface area contributed by atoms with Crippen LogP contribution in [0.2, 0.25) is 0 Å². The van der Waals surface area contributed by atoms with Gasteiger partial charge in [0.25, 0.3) is 5.91 Å². The summed E-state index contributed by atoms with van der Waals surface area (Å²) in [6.45, 7) is 3.89. The van der Waals surface area contributed by atoms with E-state index in [1.807, 2.05) is 0 Å². The number of amides is 2. The third kappa shape index (κ3) is 3.06. The molecule has 0 spiro atoms. The molecule has 0 bridgehead atoms. The monoisotopic (exact) mass is 251 g/mol. The van der Waals surface area contributed by atoms with Gasteiger partial charge in [-0.25, -0.2) is 4.98 Å². The average Bonchev–Trinajstić information content (AvgIpc) is 2.83. The second-order valence-electron chi connectivity index (χ2n) is 4.54. The Labute approximate surface area is 105 Å². The predicted molar refractivity (Wildman–Crippen MR) is 63.8 cm³/mol. The maximum Gasteiger partial charge on any atom is 0.290 e. The highest BCUT2D eigenvalue weighted by Crippen LogP contribution is 2.14. The van der Waals surface area contributed by atoms with Crippen LogP contribution >= 0.6 is 0 Å². The maximum absolute atomic E-state index is 11.7. The van der Waals surface area contributed by atoms with E-state index in [-0.39, 0.29) is 11.7 Å². The van der Waals surface area contributed by atoms with Gasteiger partial charge in [0.1, 0.15) is 5.82 Å². The molecule has 0 aromatic carbocycles. The Hall–Kier alpha value is -1.92. The fourth-order valence-corrected chi connectivity index (χ4v) is 2.02. The second kappa shape index (κ2) is 5.61. The summed E-state index contributed by atoms with van der Waals surface area (Å²) in [5.41, 5.74) is 0. The van der Waals surface area contributed by atoms with Crippen LogP contribution in [0.1, 0.15) is 29.3 Å². The van der Waals surface area contributed by atoms with Crippen LogP contribution < -0.4 is 5.32 Å². The minimum atomic E-state index is -0.253. The Bertz CT molecular complexity index is 423. The van der Waals surface area contributed by atoms with Crippen LogP contribution in [-0.4, -0.2) is 52.0 Å². The molecule has 0 saturated carbocycles. The molecule has 1 aliphatic rings. The summed E-state index contributed by atoms with van der Waals surface area (Å²) in [7, 11) is 0. The molecule has 1 saturated heterocycles. The highest BCUT2D eigenvalue weighted by Gasteiger charge is 2.19. The first-order valence-corrected chi connectivity index (χ1v) is 6.05. The number of aromatic amines is 1. The normalized spacial score (nSPS) is 16.6. The lowest BCUT2D eigenvalue weighted by atomic mass is 9.97. The van der Waals surface area contributed by atoms with Crippen molar-refractivity contribution in [3.8, 4) is 0 Å². The van der Waals surface area contributed by atoms with E-state index in [2.05, 4.69) is 20.5 Å². The molecule has 2 heterocycles. The first-order chi connectivity index (χ1) is 8.69. The molecule has 1 fully saturated rings. The molecular weight excluding hydrogens is 234 g/mol. The Kier molecular flexibility index (Phi) is 3.91. The van der Waals surface area contributed by atoms with Crippen molar-refractivity contribution in [2.75, 3.05) is 19.6 Å². The summed E-state index contributed by atoms with van der Waals surface area (Å²) in [6.07, 6.45) is 2.73. The van der Waals surface area contributed by atoms with E-state index in [0.717, 1.165) is 32.3 Å². The summed E-state index contributed by atoms with van der Waals surface area (Å²) >= 11 is 0. The molecule has 1 aliphatic heterocycles. The van der Waals surface area contributed by atoms with Gasteiger partial charge < -0.3 is 10.2 Å². The zero-order chi connectivity index (χ0) is 13.0. The van der Waals surface area contributed by atoms with Gasteiger partial charge in [0.15, 0.2) is 0 Å². The highest BCUT2D eigenvalue weighted by atomic mass is 16.2. The van der Waals surface area contributed by atoms with Crippen molar-refractivity contribution in [3.05, 3.63) is 11.6 Å². The number of nitrogens with one attached hydrogen (secondary N) is 2. The summed E-state index contributed by atoms with van der Waals surface area (Å²) in [4.78, 5) is 28.0. The average molecular weight is 251 g/mol. The first-order valence-electron chi connectivity index (χ1n) is 6.05. The Morgan fingerprint density at radius 3 is 2.83 bits per heavy atom. The van der Waals surface area contributed by atoms with Crippen molar-refractivity contribution in [2.24, 2.45) is 5.92 Å². The summed E-state index contributed by atoms with van der Waals surface area (Å²) in [5, 5.41) is 9.26. The number of piperidine rings is 1. The van der Waals surface area contributed by atoms with Gasteiger partial charge in [-0.05, 0) is 25.7 Å². The number of aryl methyl sites for hydroxylation is 1. The van der Waals surface area contributed by atoms with Crippen molar-refractivity contribution in [1.82, 2.24) is 25.4 Å². The molecule has 18 heavy (non-hydrogen) atoms. The van der Waals surface area contributed by atoms with Gasteiger partial charge in [-0.1, -0.05) is 0 Å². The van der Waals surface area contributed by atoms with Gasteiger partial charge in [-0.3, -0.25) is 14.7 Å². The minimum absolute atomic E-state index is 0.179. The van der Waals surface area contributed by atoms with Gasteiger partial charge in [-0.15, -0.1) is 5.10 Å². The zero-order valence-electron chi connectivity index (χ0n) is 10.3. The number of rotatable bonds is 4. The molecular formula is C11H17N5O2. The highest BCUT2D eigenvalue weighted by molar-refractivity contribution is 5.90. The topological polar surface area (TPSA) is 91.0 Å². The fraction of sp³-hybridized carbons (Fsp3) is 0.636. The standard InChI is InChI=1S/C11H17N5O2/c1-8-13-10(15-14-8)11(18)12-6-9-2-4-16(7-17)5-3-9/h7,9H,2-6H2,1H3,(H,12,18)(H,13,14,15). The van der Waals surface area contributed by atoms with Crippen LogP contribution in [0.3, 0.4) is 0 Å². The number of H-pyrrole nitrogens is 1. The fourth-order valence-electron chi connectivity index (χ4n) is 2.02. The lowest BCUT2D eigenvalue weighted by molar-refractivity contribution is -0.119. The molecule has 0 aliphatic carbocycles. The van der Waals surface area contributed by atoms with Gasteiger partial charge in [-0.2, -0.15) is 0 Å². The molecule has 0 radical (unpaired) electrons. The molecule has 2 amide bonds. The van der Waals surface area contributed by atoms with Crippen LogP contribution in [0.25, 0.3) is 0 Å². The molecule has 7 heteroatoms. The van der Waals surface area contributed by atoms with Gasteiger partial charge in [0.05, 0.1) is 0 Å². The van der Waals surface area contributed by atoms with Crippen LogP contribution in [0.4, 0.5) is 0 Å². The lowest BCUT2D eigenvalue weighted by Crippen LogP contribution is -2.38. The molecule has 7 nitrogen and oxygen atoms in total. The van der Waals surface area contributed by atoms with Crippen LogP contribution in [-0.2, 0) is 4.79 Å². The lowest BCUT2D eigenvalue weighted by Gasteiger charge is -2.29. The molecule has 98 valence electrons. The third-order valence-corrected chi connectivity index (χ3v) is 3.15. The quantitative estimate of drug-likeness (QED) is 0.719. The predicted octanol–water partition coefficient (Wildman–Crippen LogP) is -0.289. The van der Waals surface area contributed by atoms with E-state index < -0.39 is 0 Å². The largest absolute Gasteiger partial charge is 0.349 e. The van der Waals surface area contributed by atoms with Gasteiger partial charge >= 0.3 is 0 Å². The van der Waals surface area contributed by atoms with E-state index in [9.17, 15) is 9.59 Å². The van der Waals surface area contributed by atoms with E-state index >= 15 is 0 Å². The summed E-state index contributed by atoms with van der Waals surface area (Å²) in [5.74, 6) is 0.972. The van der Waals surface area contributed by atoms with Crippen molar-refractivity contribution >= 4 is 12.3 Å². The Morgan fingerprint density at radius 2 is 2.28 bits per heavy atom. The van der Waals surface area contributed by atoms with Crippen LogP contribution in [0.5, 0.6) is 0 Å². The van der Waals surface area contributed by atoms with Crippen molar-refractivity contribution in [2.45, 2.75) is 19.8 Å². The first kappa shape index (κ1) is 12.5. The minimum Gasteiger partial charge on any atom is -0.349 e. The van der Waals surface area contributed by atoms with Crippen molar-refractivity contribution < 1.29 is 9.59 Å². The smallest absolute Gasteiger partial charge is 0.290 e. The van der Waals surface area contributed by atoms with Crippen LogP contribution in [0.15, 0.2) is 0 Å². The van der Waals surface area contributed by atoms with Crippen molar-refractivity contribution in [3.63, 3.8) is 0 Å². The number of carbonyl (C=O) groups is 2. The third-order valence-electron chi connectivity index (χ3n) is 3.15. The number of hydrogen-bond acceptors (Lipinski definition) is 4. The molecule has 2 N–H and O–H groups in total. The van der Waals surface area contributed by atoms with Crippen LogP contribution in [0, 0.1) is 12.8 Å². The molecule has 0 unspecified atom stereocenters. The van der Waals surface area contributed by atoms with E-state index in [1.54, 1.807) is 11.8 Å². The summed E-state index contributed by atoms with van der Waals surface area (Å²) < 4.78 is 0. The van der Waals surface area contributed by atoms with E-state index in [4.69, 9.17) is 0 Å². The molecule has 1 aromatic heterocycles. The van der Waals surface area contributed by atoms with E-state index in [0.29, 0.717) is 18.3 Å². The second-order valence-corrected chi connectivity index (χ2v) is 4.54. The number of aromatic nitrogens is 3. The number of carbonyl (C=O) groups excluding carboxylic acids is 2. The zero-order valence-corrected chi connectivity index (χ0v) is 10.3. The van der Waals surface area contributed by atoms with Gasteiger partial charge in [0.2, 0.25) is 12.2 Å². The van der Waals surface area contributed by atoms with E-state index in [1.165, 1.54) is 0 Å². The number of hydrogen-bond donors (Lipinski definition) is 2. The molecule has 0 atom stereocenters. The molecule has 1 aromatic rings. The molecule has 2 rings (SSSR count). The van der Waals surface area contributed by atoms with Gasteiger partial charge in [0, 0.05) is 19.6 Å². The maximum atomic E-state index is 11.7. The van der Waals surface area contributed by atoms with Crippen molar-refractivity contribution in [1.29, 1.82) is 0 Å². The Morgan fingerprint density at radius 1 is 1.56 bits per heavy atom. The number of nitrogens with zero attached hydrogens (tertiary/aromatic N) is 3. The SMILES string of the molecule is Cc1nc(C(=O)NCC2CCN(C=O)CC2)n[nH]1.